The molecular weight excluding hydrogens is 275 g/mol. The minimum atomic E-state index is -1.08. The summed E-state index contributed by atoms with van der Waals surface area (Å²) in [5.41, 5.74) is 0.0548. The lowest BCUT2D eigenvalue weighted by Gasteiger charge is -2.01. The summed E-state index contributed by atoms with van der Waals surface area (Å²) in [5, 5.41) is 8.85. The first-order chi connectivity index (χ1) is 8.60. The first-order valence-electron chi connectivity index (χ1n) is 5.13. The zero-order valence-corrected chi connectivity index (χ0v) is 11.0. The molecule has 0 radical (unpaired) electrons. The Kier molecular flexibility index (Phi) is 3.93. The summed E-state index contributed by atoms with van der Waals surface area (Å²) in [7, 11) is 0. The molecule has 1 N–H and O–H groups in total. The molecule has 0 fully saturated rings. The number of carboxylic acid groups (broad SMARTS) is 1. The monoisotopic (exact) mass is 284 g/mol. The number of aromatic nitrogens is 2. The van der Waals surface area contributed by atoms with E-state index in [1.54, 1.807) is 0 Å². The minimum Gasteiger partial charge on any atom is -0.478 e. The van der Waals surface area contributed by atoms with Crippen LogP contribution in [0.1, 0.15) is 23.1 Å². The molecule has 0 spiro atoms. The Balaban J connectivity index is 2.27. The van der Waals surface area contributed by atoms with Gasteiger partial charge in [0.2, 0.25) is 0 Å². The van der Waals surface area contributed by atoms with E-state index in [4.69, 9.17) is 5.11 Å². The van der Waals surface area contributed by atoms with Gasteiger partial charge in [-0.3, -0.25) is 0 Å². The highest BCUT2D eigenvalue weighted by Crippen LogP contribution is 2.31. The zero-order chi connectivity index (χ0) is 13.1. The van der Waals surface area contributed by atoms with Gasteiger partial charge < -0.3 is 5.11 Å². The van der Waals surface area contributed by atoms with Crippen molar-refractivity contribution in [3.05, 3.63) is 35.4 Å². The molecule has 1 aromatic carbocycles. The summed E-state index contributed by atoms with van der Waals surface area (Å²) in [6.07, 6.45) is 0.717. The molecule has 0 aliphatic heterocycles. The van der Waals surface area contributed by atoms with Crippen molar-refractivity contribution in [2.45, 2.75) is 22.6 Å². The second-order valence-corrected chi connectivity index (χ2v) is 5.42. The second kappa shape index (κ2) is 5.45. The summed E-state index contributed by atoms with van der Waals surface area (Å²) >= 11 is 2.27. The number of carbonyl (C=O) groups is 1. The minimum absolute atomic E-state index is 0.0548. The molecule has 0 unspecified atom stereocenters. The molecule has 94 valence electrons. The molecular formula is C11H9FN2O2S2. The summed E-state index contributed by atoms with van der Waals surface area (Å²) in [4.78, 5) is 15.3. The third kappa shape index (κ3) is 2.85. The molecule has 0 atom stereocenters. The molecule has 1 heterocycles. The van der Waals surface area contributed by atoms with Crippen molar-refractivity contribution >= 4 is 29.3 Å². The van der Waals surface area contributed by atoms with Crippen LogP contribution in [0.2, 0.25) is 0 Å². The lowest BCUT2D eigenvalue weighted by atomic mass is 10.2. The Labute approximate surface area is 111 Å². The fourth-order valence-electron chi connectivity index (χ4n) is 1.23. The first kappa shape index (κ1) is 13.0. The van der Waals surface area contributed by atoms with E-state index in [9.17, 15) is 9.18 Å². The van der Waals surface area contributed by atoms with E-state index < -0.39 is 11.8 Å². The number of hydrogen-bond donors (Lipinski definition) is 1. The number of benzene rings is 1. The topological polar surface area (TPSA) is 63.1 Å². The molecule has 0 bridgehead atoms. The fraction of sp³-hybridized carbons (Fsp3) is 0.182. The normalized spacial score (nSPS) is 10.6. The van der Waals surface area contributed by atoms with Crippen LogP contribution < -0.4 is 0 Å². The van der Waals surface area contributed by atoms with Crippen LogP contribution in [-0.4, -0.2) is 20.4 Å². The molecule has 18 heavy (non-hydrogen) atoms. The molecule has 0 amide bonds. The largest absolute Gasteiger partial charge is 0.478 e. The maximum atomic E-state index is 13.6. The van der Waals surface area contributed by atoms with Crippen LogP contribution in [0.5, 0.6) is 0 Å². The third-order valence-electron chi connectivity index (χ3n) is 2.14. The molecule has 0 aliphatic carbocycles. The number of aryl methyl sites for hydroxylation is 1. The fourth-order valence-corrected chi connectivity index (χ4v) is 2.95. The highest BCUT2D eigenvalue weighted by atomic mass is 32.2. The van der Waals surface area contributed by atoms with Gasteiger partial charge in [0.15, 0.2) is 4.34 Å². The van der Waals surface area contributed by atoms with Gasteiger partial charge in [0.1, 0.15) is 11.6 Å². The van der Waals surface area contributed by atoms with Crippen molar-refractivity contribution in [1.29, 1.82) is 0 Å². The van der Waals surface area contributed by atoms with Crippen LogP contribution >= 0.6 is 23.3 Å². The Hall–Kier alpha value is -1.47. The van der Waals surface area contributed by atoms with E-state index in [1.165, 1.54) is 23.7 Å². The average Bonchev–Trinajstić information content (AvgIpc) is 2.79. The number of halogens is 1. The van der Waals surface area contributed by atoms with Crippen molar-refractivity contribution in [3.8, 4) is 0 Å². The van der Waals surface area contributed by atoms with E-state index in [-0.39, 0.29) is 10.5 Å². The number of nitrogens with zero attached hydrogens (tertiary/aromatic N) is 2. The van der Waals surface area contributed by atoms with Crippen molar-refractivity contribution in [1.82, 2.24) is 9.36 Å². The smallest absolute Gasteiger partial charge is 0.335 e. The second-order valence-electron chi connectivity index (χ2n) is 3.38. The van der Waals surface area contributed by atoms with Crippen molar-refractivity contribution in [3.63, 3.8) is 0 Å². The number of rotatable bonds is 4. The van der Waals surface area contributed by atoms with Gasteiger partial charge in [0.05, 0.1) is 10.5 Å². The molecule has 4 nitrogen and oxygen atoms in total. The van der Waals surface area contributed by atoms with Gasteiger partial charge in [-0.05, 0) is 29.7 Å². The summed E-state index contributed by atoms with van der Waals surface area (Å²) in [6, 6.07) is 3.68. The van der Waals surface area contributed by atoms with Crippen LogP contribution in [0, 0.1) is 5.82 Å². The van der Waals surface area contributed by atoms with Gasteiger partial charge in [-0.1, -0.05) is 18.7 Å². The molecule has 1 aromatic heterocycles. The lowest BCUT2D eigenvalue weighted by molar-refractivity contribution is 0.0696. The van der Waals surface area contributed by atoms with Gasteiger partial charge in [-0.15, -0.1) is 0 Å². The maximum Gasteiger partial charge on any atom is 0.335 e. The van der Waals surface area contributed by atoms with Crippen LogP contribution in [0.15, 0.2) is 27.4 Å². The Morgan fingerprint density at radius 3 is 2.94 bits per heavy atom. The van der Waals surface area contributed by atoms with E-state index in [2.05, 4.69) is 9.36 Å². The Morgan fingerprint density at radius 1 is 1.56 bits per heavy atom. The summed E-state index contributed by atoms with van der Waals surface area (Å²) < 4.78 is 18.2. The summed E-state index contributed by atoms with van der Waals surface area (Å²) in [5.74, 6) is -0.834. The van der Waals surface area contributed by atoms with Crippen LogP contribution in [0.25, 0.3) is 0 Å². The zero-order valence-electron chi connectivity index (χ0n) is 9.38. The predicted octanol–water partition coefficient (Wildman–Crippen LogP) is 3.09. The van der Waals surface area contributed by atoms with Gasteiger partial charge in [0, 0.05) is 6.42 Å². The van der Waals surface area contributed by atoms with Crippen LogP contribution in [0.4, 0.5) is 4.39 Å². The third-order valence-corrected chi connectivity index (χ3v) is 3.96. The van der Waals surface area contributed by atoms with Crippen LogP contribution in [-0.2, 0) is 6.42 Å². The molecule has 2 rings (SSSR count). The van der Waals surface area contributed by atoms with Gasteiger partial charge in [0.25, 0.3) is 0 Å². The van der Waals surface area contributed by atoms with Crippen molar-refractivity contribution < 1.29 is 14.3 Å². The van der Waals surface area contributed by atoms with Crippen LogP contribution in [0.3, 0.4) is 0 Å². The Bertz CT molecular complexity index is 586. The number of aromatic carboxylic acids is 1. The Morgan fingerprint density at radius 2 is 2.33 bits per heavy atom. The van der Waals surface area contributed by atoms with E-state index in [0.717, 1.165) is 17.8 Å². The summed E-state index contributed by atoms with van der Waals surface area (Å²) in [6.45, 7) is 1.93. The van der Waals surface area contributed by atoms with Crippen molar-refractivity contribution in [2.24, 2.45) is 0 Å². The predicted molar refractivity (Wildman–Crippen MR) is 66.8 cm³/mol. The number of carboxylic acids is 1. The number of hydrogen-bond acceptors (Lipinski definition) is 5. The highest BCUT2D eigenvalue weighted by molar-refractivity contribution is 8.01. The van der Waals surface area contributed by atoms with E-state index >= 15 is 0 Å². The standard InChI is InChI=1S/C11H9FN2O2S2/c1-2-9-13-11(18-14-9)17-8-5-6(10(15)16)3-4-7(8)12/h3-5H,2H2,1H3,(H,15,16). The molecule has 7 heteroatoms. The highest BCUT2D eigenvalue weighted by Gasteiger charge is 2.12. The molecule has 0 saturated heterocycles. The van der Waals surface area contributed by atoms with Gasteiger partial charge in [-0.25, -0.2) is 14.2 Å². The molecule has 0 saturated carbocycles. The lowest BCUT2D eigenvalue weighted by Crippen LogP contribution is -1.97. The SMILES string of the molecule is CCc1nsc(Sc2cc(C(=O)O)ccc2F)n1. The van der Waals surface area contributed by atoms with Gasteiger partial charge >= 0.3 is 5.97 Å². The quantitative estimate of drug-likeness (QED) is 0.934. The van der Waals surface area contributed by atoms with Crippen molar-refractivity contribution in [2.75, 3.05) is 0 Å². The van der Waals surface area contributed by atoms with E-state index in [1.807, 2.05) is 6.92 Å². The average molecular weight is 284 g/mol. The van der Waals surface area contributed by atoms with Gasteiger partial charge in [-0.2, -0.15) is 4.37 Å². The molecule has 0 aliphatic rings. The first-order valence-corrected chi connectivity index (χ1v) is 6.72. The van der Waals surface area contributed by atoms with E-state index in [0.29, 0.717) is 16.6 Å². The maximum absolute atomic E-state index is 13.6. The molecule has 2 aromatic rings.